The van der Waals surface area contributed by atoms with Crippen LogP contribution in [0.4, 0.5) is 0 Å². The second-order valence-electron chi connectivity index (χ2n) is 4.40. The maximum atomic E-state index is 11.9. The summed E-state index contributed by atoms with van der Waals surface area (Å²) >= 11 is 0. The molecule has 0 saturated carbocycles. The highest BCUT2D eigenvalue weighted by Crippen LogP contribution is 2.29. The van der Waals surface area contributed by atoms with Crippen LogP contribution in [0.1, 0.15) is 18.5 Å². The molecule has 112 valence electrons. The highest BCUT2D eigenvalue weighted by atomic mass is 16.5. The number of hydrogen-bond donors (Lipinski definition) is 1. The van der Waals surface area contributed by atoms with Crippen molar-refractivity contribution < 1.29 is 14.3 Å². The predicted molar refractivity (Wildman–Crippen MR) is 73.9 cm³/mol. The van der Waals surface area contributed by atoms with Gasteiger partial charge in [0.15, 0.2) is 0 Å². The smallest absolute Gasteiger partial charge is 0.242 e. The number of amides is 1. The van der Waals surface area contributed by atoms with E-state index in [1.165, 1.54) is 11.0 Å². The minimum atomic E-state index is -0.237. The van der Waals surface area contributed by atoms with Crippen LogP contribution < -0.4 is 14.8 Å². The van der Waals surface area contributed by atoms with Crippen molar-refractivity contribution in [2.45, 2.75) is 19.5 Å². The topological polar surface area (TPSA) is 91.2 Å². The summed E-state index contributed by atoms with van der Waals surface area (Å²) in [6.07, 6.45) is 1.39. The van der Waals surface area contributed by atoms with Gasteiger partial charge in [0, 0.05) is 5.56 Å². The molecule has 1 aromatic carbocycles. The lowest BCUT2D eigenvalue weighted by Gasteiger charge is -2.18. The van der Waals surface area contributed by atoms with Gasteiger partial charge in [-0.3, -0.25) is 4.79 Å². The fourth-order valence-corrected chi connectivity index (χ4v) is 1.94. The Balaban J connectivity index is 2.08. The molecular weight excluding hydrogens is 274 g/mol. The molecule has 8 heteroatoms. The first kappa shape index (κ1) is 14.8. The van der Waals surface area contributed by atoms with E-state index in [-0.39, 0.29) is 18.5 Å². The van der Waals surface area contributed by atoms with E-state index < -0.39 is 0 Å². The third-order valence-corrected chi connectivity index (χ3v) is 2.98. The van der Waals surface area contributed by atoms with Crippen molar-refractivity contribution in [2.75, 3.05) is 14.2 Å². The van der Waals surface area contributed by atoms with Crippen LogP contribution >= 0.6 is 0 Å². The van der Waals surface area contributed by atoms with E-state index in [0.29, 0.717) is 11.5 Å². The second-order valence-corrected chi connectivity index (χ2v) is 4.40. The number of benzene rings is 1. The Labute approximate surface area is 122 Å². The van der Waals surface area contributed by atoms with Crippen LogP contribution in [0.5, 0.6) is 11.5 Å². The molecule has 0 spiro atoms. The van der Waals surface area contributed by atoms with Gasteiger partial charge in [0.25, 0.3) is 0 Å². The molecule has 0 aliphatic heterocycles. The number of rotatable bonds is 6. The van der Waals surface area contributed by atoms with Gasteiger partial charge in [0.2, 0.25) is 5.91 Å². The van der Waals surface area contributed by atoms with E-state index >= 15 is 0 Å². The zero-order valence-electron chi connectivity index (χ0n) is 12.1. The third kappa shape index (κ3) is 3.68. The standard InChI is InChI=1S/C13H17N5O3/c1-9(15-13(19)7-18-8-14-16-17-18)11-6-10(20-2)4-5-12(11)21-3/h4-6,8-9H,7H2,1-3H3,(H,15,19). The van der Waals surface area contributed by atoms with Crippen molar-refractivity contribution in [3.05, 3.63) is 30.1 Å². The molecule has 1 N–H and O–H groups in total. The van der Waals surface area contributed by atoms with Gasteiger partial charge >= 0.3 is 0 Å². The highest BCUT2D eigenvalue weighted by Gasteiger charge is 2.15. The SMILES string of the molecule is COc1ccc(OC)c(C(C)NC(=O)Cn2cnnn2)c1. The number of nitrogens with zero attached hydrogens (tertiary/aromatic N) is 4. The molecule has 0 bridgehead atoms. The van der Waals surface area contributed by atoms with E-state index in [1.807, 2.05) is 13.0 Å². The average Bonchev–Trinajstić information content (AvgIpc) is 2.99. The molecule has 1 atom stereocenters. The number of ether oxygens (including phenoxy) is 2. The van der Waals surface area contributed by atoms with Crippen LogP contribution in [0.15, 0.2) is 24.5 Å². The largest absolute Gasteiger partial charge is 0.497 e. The van der Waals surface area contributed by atoms with Crippen LogP contribution in [-0.4, -0.2) is 40.3 Å². The Kier molecular flexibility index (Phi) is 4.70. The van der Waals surface area contributed by atoms with E-state index in [0.717, 1.165) is 5.56 Å². The quantitative estimate of drug-likeness (QED) is 0.836. The van der Waals surface area contributed by atoms with Crippen LogP contribution in [0, 0.1) is 0 Å². The average molecular weight is 291 g/mol. The zero-order chi connectivity index (χ0) is 15.2. The maximum Gasteiger partial charge on any atom is 0.242 e. The Morgan fingerprint density at radius 1 is 1.38 bits per heavy atom. The molecule has 1 heterocycles. The number of tetrazole rings is 1. The first-order valence-electron chi connectivity index (χ1n) is 6.36. The minimum absolute atomic E-state index is 0.0592. The molecule has 0 aliphatic carbocycles. The number of hydrogen-bond acceptors (Lipinski definition) is 6. The van der Waals surface area contributed by atoms with Gasteiger partial charge in [-0.1, -0.05) is 0 Å². The lowest BCUT2D eigenvalue weighted by atomic mass is 10.1. The van der Waals surface area contributed by atoms with Gasteiger partial charge in [-0.2, -0.15) is 0 Å². The Morgan fingerprint density at radius 2 is 2.19 bits per heavy atom. The lowest BCUT2D eigenvalue weighted by molar-refractivity contribution is -0.122. The molecule has 1 amide bonds. The fraction of sp³-hybridized carbons (Fsp3) is 0.385. The van der Waals surface area contributed by atoms with Gasteiger partial charge in [0.1, 0.15) is 24.4 Å². The van der Waals surface area contributed by atoms with E-state index in [9.17, 15) is 4.79 Å². The summed E-state index contributed by atoms with van der Waals surface area (Å²) in [4.78, 5) is 11.9. The molecule has 0 saturated heterocycles. The monoisotopic (exact) mass is 291 g/mol. The van der Waals surface area contributed by atoms with Gasteiger partial charge in [-0.15, -0.1) is 5.10 Å². The zero-order valence-corrected chi connectivity index (χ0v) is 12.1. The van der Waals surface area contributed by atoms with Crippen LogP contribution in [-0.2, 0) is 11.3 Å². The summed E-state index contributed by atoms with van der Waals surface area (Å²) in [5.41, 5.74) is 0.835. The molecule has 21 heavy (non-hydrogen) atoms. The van der Waals surface area contributed by atoms with Crippen molar-refractivity contribution in [3.8, 4) is 11.5 Å². The van der Waals surface area contributed by atoms with Crippen LogP contribution in [0.25, 0.3) is 0 Å². The molecule has 0 aliphatic rings. The molecule has 0 radical (unpaired) electrons. The van der Waals surface area contributed by atoms with Crippen LogP contribution in [0.2, 0.25) is 0 Å². The molecule has 1 unspecified atom stereocenters. The molecule has 2 aromatic rings. The Bertz CT molecular complexity index is 600. The Hall–Kier alpha value is -2.64. The first-order valence-corrected chi connectivity index (χ1v) is 6.36. The molecule has 1 aromatic heterocycles. The number of aromatic nitrogens is 4. The summed E-state index contributed by atoms with van der Waals surface area (Å²) in [5.74, 6) is 1.19. The maximum absolute atomic E-state index is 11.9. The molecular formula is C13H17N5O3. The van der Waals surface area contributed by atoms with Crippen molar-refractivity contribution in [2.24, 2.45) is 0 Å². The molecule has 0 fully saturated rings. The second kappa shape index (κ2) is 6.69. The minimum Gasteiger partial charge on any atom is -0.497 e. The number of carbonyl (C=O) groups excluding carboxylic acids is 1. The third-order valence-electron chi connectivity index (χ3n) is 2.98. The Morgan fingerprint density at radius 3 is 2.81 bits per heavy atom. The highest BCUT2D eigenvalue weighted by molar-refractivity contribution is 5.76. The summed E-state index contributed by atoms with van der Waals surface area (Å²) in [6, 6.07) is 5.20. The first-order chi connectivity index (χ1) is 10.1. The molecule has 2 rings (SSSR count). The summed E-state index contributed by atoms with van der Waals surface area (Å²) in [6.45, 7) is 1.93. The number of methoxy groups -OCH3 is 2. The van der Waals surface area contributed by atoms with Crippen molar-refractivity contribution in [3.63, 3.8) is 0 Å². The van der Waals surface area contributed by atoms with Gasteiger partial charge in [0.05, 0.1) is 20.3 Å². The number of nitrogens with one attached hydrogen (secondary N) is 1. The van der Waals surface area contributed by atoms with Gasteiger partial charge < -0.3 is 14.8 Å². The normalized spacial score (nSPS) is 11.8. The molecule has 8 nitrogen and oxygen atoms in total. The number of carbonyl (C=O) groups is 1. The van der Waals surface area contributed by atoms with Crippen molar-refractivity contribution in [1.82, 2.24) is 25.5 Å². The fourth-order valence-electron chi connectivity index (χ4n) is 1.94. The summed E-state index contributed by atoms with van der Waals surface area (Å²) in [7, 11) is 3.17. The van der Waals surface area contributed by atoms with Crippen molar-refractivity contribution in [1.29, 1.82) is 0 Å². The van der Waals surface area contributed by atoms with Gasteiger partial charge in [-0.05, 0) is 35.5 Å². The van der Waals surface area contributed by atoms with Gasteiger partial charge in [-0.25, -0.2) is 4.68 Å². The summed E-state index contributed by atoms with van der Waals surface area (Å²) < 4.78 is 11.9. The summed E-state index contributed by atoms with van der Waals surface area (Å²) in [5, 5.41) is 13.5. The van der Waals surface area contributed by atoms with E-state index in [4.69, 9.17) is 9.47 Å². The van der Waals surface area contributed by atoms with E-state index in [1.54, 1.807) is 26.4 Å². The predicted octanol–water partition coefficient (Wildman–Crippen LogP) is 0.568. The van der Waals surface area contributed by atoms with E-state index in [2.05, 4.69) is 20.8 Å². The van der Waals surface area contributed by atoms with Crippen molar-refractivity contribution >= 4 is 5.91 Å². The lowest BCUT2D eigenvalue weighted by Crippen LogP contribution is -2.30. The van der Waals surface area contributed by atoms with Crippen LogP contribution in [0.3, 0.4) is 0 Å².